The molecule has 0 amide bonds. The highest BCUT2D eigenvalue weighted by Crippen LogP contribution is 2.19. The molecule has 2 aromatic heterocycles. The highest BCUT2D eigenvalue weighted by atomic mass is 15.3. The average Bonchev–Trinajstić information content (AvgIpc) is 2.61. The monoisotopic (exact) mass is 203 g/mol. The first-order valence-electron chi connectivity index (χ1n) is 5.08. The number of nitrogens with zero attached hydrogens (tertiary/aromatic N) is 4. The van der Waals surface area contributed by atoms with Crippen LogP contribution in [0.2, 0.25) is 0 Å². The Morgan fingerprint density at radius 1 is 1.47 bits per heavy atom. The Hall–Kier alpha value is -1.62. The van der Waals surface area contributed by atoms with E-state index < -0.39 is 0 Å². The summed E-state index contributed by atoms with van der Waals surface area (Å²) in [7, 11) is 2.08. The van der Waals surface area contributed by atoms with Gasteiger partial charge in [-0.25, -0.2) is 9.50 Å². The maximum Gasteiger partial charge on any atom is 0.154 e. The third-order valence-corrected chi connectivity index (χ3v) is 2.95. The molecule has 0 radical (unpaired) electrons. The number of anilines is 1. The van der Waals surface area contributed by atoms with Gasteiger partial charge in [0.1, 0.15) is 5.52 Å². The van der Waals surface area contributed by atoms with Crippen LogP contribution < -0.4 is 10.2 Å². The van der Waals surface area contributed by atoms with E-state index in [9.17, 15) is 0 Å². The van der Waals surface area contributed by atoms with Crippen molar-refractivity contribution in [2.75, 3.05) is 25.0 Å². The molecule has 0 atom stereocenters. The van der Waals surface area contributed by atoms with Crippen molar-refractivity contribution in [2.45, 2.75) is 6.04 Å². The summed E-state index contributed by atoms with van der Waals surface area (Å²) >= 11 is 0. The van der Waals surface area contributed by atoms with Gasteiger partial charge < -0.3 is 10.2 Å². The van der Waals surface area contributed by atoms with E-state index in [1.54, 1.807) is 12.4 Å². The highest BCUT2D eigenvalue weighted by Gasteiger charge is 2.23. The van der Waals surface area contributed by atoms with Crippen molar-refractivity contribution < 1.29 is 0 Å². The molecule has 0 aromatic carbocycles. The maximum atomic E-state index is 4.42. The van der Waals surface area contributed by atoms with E-state index in [-0.39, 0.29) is 0 Å². The minimum atomic E-state index is 0.554. The lowest BCUT2D eigenvalue weighted by Gasteiger charge is -2.36. The average molecular weight is 203 g/mol. The van der Waals surface area contributed by atoms with Crippen LogP contribution in [0.5, 0.6) is 0 Å². The number of hydrogen-bond acceptors (Lipinski definition) is 4. The van der Waals surface area contributed by atoms with Crippen LogP contribution >= 0.6 is 0 Å². The predicted molar refractivity (Wildman–Crippen MR) is 58.0 cm³/mol. The third-order valence-electron chi connectivity index (χ3n) is 2.95. The van der Waals surface area contributed by atoms with Gasteiger partial charge in [0, 0.05) is 32.5 Å². The van der Waals surface area contributed by atoms with Gasteiger partial charge in [0.05, 0.1) is 12.2 Å². The molecule has 3 rings (SSSR count). The van der Waals surface area contributed by atoms with Gasteiger partial charge in [-0.2, -0.15) is 5.10 Å². The van der Waals surface area contributed by atoms with Gasteiger partial charge in [0.15, 0.2) is 5.82 Å². The van der Waals surface area contributed by atoms with Crippen LogP contribution in [0.1, 0.15) is 0 Å². The van der Waals surface area contributed by atoms with Crippen molar-refractivity contribution in [2.24, 2.45) is 0 Å². The fourth-order valence-electron chi connectivity index (χ4n) is 1.84. The standard InChI is InChI=1S/C10H13N5/c1-14(8-6-11-7-8)10-9-2-3-13-15(9)5-4-12-10/h2-5,8,11H,6-7H2,1H3. The molecule has 5 nitrogen and oxygen atoms in total. The van der Waals surface area contributed by atoms with Gasteiger partial charge in [0.25, 0.3) is 0 Å². The fourth-order valence-corrected chi connectivity index (χ4v) is 1.84. The molecule has 0 bridgehead atoms. The summed E-state index contributed by atoms with van der Waals surface area (Å²) in [4.78, 5) is 6.64. The second-order valence-corrected chi connectivity index (χ2v) is 3.83. The van der Waals surface area contributed by atoms with Crippen LogP contribution in [0.15, 0.2) is 24.7 Å². The van der Waals surface area contributed by atoms with Crippen LogP contribution in [0, 0.1) is 0 Å². The second-order valence-electron chi connectivity index (χ2n) is 3.83. The normalized spacial score (nSPS) is 16.6. The van der Waals surface area contributed by atoms with Gasteiger partial charge in [-0.3, -0.25) is 0 Å². The summed E-state index contributed by atoms with van der Waals surface area (Å²) in [6.45, 7) is 2.07. The van der Waals surface area contributed by atoms with E-state index in [0.717, 1.165) is 24.4 Å². The van der Waals surface area contributed by atoms with Crippen LogP contribution in [0.4, 0.5) is 5.82 Å². The number of hydrogen-bond donors (Lipinski definition) is 1. The molecule has 78 valence electrons. The SMILES string of the molecule is CN(c1nccn2nccc12)C1CNC1. The Morgan fingerprint density at radius 3 is 3.07 bits per heavy atom. The zero-order chi connectivity index (χ0) is 10.3. The lowest BCUT2D eigenvalue weighted by Crippen LogP contribution is -2.56. The molecule has 1 N–H and O–H groups in total. The number of aromatic nitrogens is 3. The van der Waals surface area contributed by atoms with Crippen molar-refractivity contribution in [3.63, 3.8) is 0 Å². The first-order valence-corrected chi connectivity index (χ1v) is 5.08. The molecule has 2 aromatic rings. The van der Waals surface area contributed by atoms with Crippen molar-refractivity contribution in [1.82, 2.24) is 19.9 Å². The van der Waals surface area contributed by atoms with E-state index in [1.165, 1.54) is 0 Å². The predicted octanol–water partition coefficient (Wildman–Crippen LogP) is 0.137. The Bertz CT molecular complexity index is 473. The molecular formula is C10H13N5. The summed E-state index contributed by atoms with van der Waals surface area (Å²) in [5, 5.41) is 7.46. The van der Waals surface area contributed by atoms with Gasteiger partial charge in [-0.1, -0.05) is 0 Å². The minimum absolute atomic E-state index is 0.554. The van der Waals surface area contributed by atoms with Gasteiger partial charge in [-0.05, 0) is 6.07 Å². The molecule has 3 heterocycles. The lowest BCUT2D eigenvalue weighted by molar-refractivity contribution is 0.427. The minimum Gasteiger partial charge on any atom is -0.352 e. The molecule has 1 saturated heterocycles. The second kappa shape index (κ2) is 3.20. The molecule has 0 unspecified atom stereocenters. The smallest absolute Gasteiger partial charge is 0.154 e. The van der Waals surface area contributed by atoms with Gasteiger partial charge in [-0.15, -0.1) is 0 Å². The number of likely N-dealkylation sites (N-methyl/N-ethyl adjacent to an activating group) is 1. The number of rotatable bonds is 2. The molecule has 0 saturated carbocycles. The maximum absolute atomic E-state index is 4.42. The van der Waals surface area contributed by atoms with E-state index in [0.29, 0.717) is 6.04 Å². The number of nitrogens with one attached hydrogen (secondary N) is 1. The quantitative estimate of drug-likeness (QED) is 0.754. The van der Waals surface area contributed by atoms with Crippen molar-refractivity contribution in [1.29, 1.82) is 0 Å². The molecule has 1 aliphatic heterocycles. The third kappa shape index (κ3) is 1.27. The molecule has 15 heavy (non-hydrogen) atoms. The Balaban J connectivity index is 2.05. The van der Waals surface area contributed by atoms with E-state index in [1.807, 2.05) is 16.8 Å². The molecular weight excluding hydrogens is 190 g/mol. The summed E-state index contributed by atoms with van der Waals surface area (Å²) in [5.41, 5.74) is 1.06. The van der Waals surface area contributed by atoms with Gasteiger partial charge >= 0.3 is 0 Å². The zero-order valence-electron chi connectivity index (χ0n) is 8.59. The molecule has 0 aliphatic carbocycles. The largest absolute Gasteiger partial charge is 0.352 e. The molecule has 0 spiro atoms. The fraction of sp³-hybridized carbons (Fsp3) is 0.400. The van der Waals surface area contributed by atoms with E-state index in [2.05, 4.69) is 27.3 Å². The molecule has 1 aliphatic rings. The van der Waals surface area contributed by atoms with Crippen molar-refractivity contribution in [3.8, 4) is 0 Å². The topological polar surface area (TPSA) is 45.5 Å². The summed E-state index contributed by atoms with van der Waals surface area (Å²) in [5.74, 6) is 1.00. The molecule has 1 fully saturated rings. The van der Waals surface area contributed by atoms with Crippen LogP contribution in [-0.2, 0) is 0 Å². The highest BCUT2D eigenvalue weighted by molar-refractivity contribution is 5.68. The van der Waals surface area contributed by atoms with Crippen LogP contribution in [0.25, 0.3) is 5.52 Å². The van der Waals surface area contributed by atoms with Crippen LogP contribution in [-0.4, -0.2) is 40.8 Å². The van der Waals surface area contributed by atoms with Crippen molar-refractivity contribution >= 4 is 11.3 Å². The van der Waals surface area contributed by atoms with Crippen LogP contribution in [0.3, 0.4) is 0 Å². The van der Waals surface area contributed by atoms with E-state index in [4.69, 9.17) is 0 Å². The Kier molecular flexibility index (Phi) is 1.85. The van der Waals surface area contributed by atoms with Gasteiger partial charge in [0.2, 0.25) is 0 Å². The zero-order valence-corrected chi connectivity index (χ0v) is 8.59. The van der Waals surface area contributed by atoms with E-state index >= 15 is 0 Å². The first-order chi connectivity index (χ1) is 7.36. The van der Waals surface area contributed by atoms with Crippen molar-refractivity contribution in [3.05, 3.63) is 24.7 Å². The summed E-state index contributed by atoms with van der Waals surface area (Å²) < 4.78 is 1.85. The summed E-state index contributed by atoms with van der Waals surface area (Å²) in [6, 6.07) is 2.55. The lowest BCUT2D eigenvalue weighted by atomic mass is 10.1. The summed E-state index contributed by atoms with van der Waals surface area (Å²) in [6.07, 6.45) is 5.46. The molecule has 5 heteroatoms. The first kappa shape index (κ1) is 8.67. The Labute approximate surface area is 87.7 Å². The number of fused-ring (bicyclic) bond motifs is 1. The Morgan fingerprint density at radius 2 is 2.33 bits per heavy atom.